The van der Waals surface area contributed by atoms with Crippen LogP contribution in [0.3, 0.4) is 0 Å². The number of rotatable bonds is 5. The average Bonchev–Trinajstić information content (AvgIpc) is 2.09. The van der Waals surface area contributed by atoms with E-state index >= 15 is 0 Å². The van der Waals surface area contributed by atoms with Gasteiger partial charge in [-0.3, -0.25) is 4.55 Å². The van der Waals surface area contributed by atoms with Gasteiger partial charge in [-0.2, -0.15) is 8.42 Å². The minimum absolute atomic E-state index is 0. The fourth-order valence-corrected chi connectivity index (χ4v) is 1.01. The standard InChI is InChI=1S/C7H12O5S.K.H2O3S/c1-6(2)7(8)12-4-3-5-13(9,10)11;;1-4(2)3/h1,3-5H2,2H3,(H,9,10,11);;(H2,1,2,3)/q;+1;/p-1. The second kappa shape index (κ2) is 12.8. The fourth-order valence-electron chi connectivity index (χ4n) is 0.529. The second-order valence-electron chi connectivity index (χ2n) is 2.77. The summed E-state index contributed by atoms with van der Waals surface area (Å²) >= 11 is -2.86. The third-order valence-corrected chi connectivity index (χ3v) is 1.93. The van der Waals surface area contributed by atoms with E-state index in [1.165, 1.54) is 6.92 Å². The van der Waals surface area contributed by atoms with E-state index in [2.05, 4.69) is 11.3 Å². The van der Waals surface area contributed by atoms with Crippen LogP contribution in [-0.2, 0) is 31.0 Å². The molecule has 0 amide bonds. The summed E-state index contributed by atoms with van der Waals surface area (Å²) in [5.41, 5.74) is 0.256. The van der Waals surface area contributed by atoms with Gasteiger partial charge in [0.25, 0.3) is 10.1 Å². The molecule has 0 spiro atoms. The summed E-state index contributed by atoms with van der Waals surface area (Å²) in [6.45, 7) is 4.80. The molecule has 2 N–H and O–H groups in total. The molecule has 0 rings (SSSR count). The van der Waals surface area contributed by atoms with E-state index in [0.29, 0.717) is 0 Å². The molecule has 102 valence electrons. The van der Waals surface area contributed by atoms with Crippen molar-refractivity contribution in [2.75, 3.05) is 12.4 Å². The first-order valence-electron chi connectivity index (χ1n) is 4.12. The van der Waals surface area contributed by atoms with Gasteiger partial charge in [0.1, 0.15) is 0 Å². The van der Waals surface area contributed by atoms with Crippen molar-refractivity contribution in [3.63, 3.8) is 0 Å². The maximum Gasteiger partial charge on any atom is 1.00 e. The molecule has 8 nitrogen and oxygen atoms in total. The summed E-state index contributed by atoms with van der Waals surface area (Å²) in [5.74, 6) is -0.966. The fraction of sp³-hybridized carbons (Fsp3) is 0.571. The number of hydrogen-bond acceptors (Lipinski definition) is 6. The zero-order valence-corrected chi connectivity index (χ0v) is 14.7. The van der Waals surface area contributed by atoms with Gasteiger partial charge in [-0.1, -0.05) is 6.58 Å². The summed E-state index contributed by atoms with van der Waals surface area (Å²) in [5, 5.41) is 0. The van der Waals surface area contributed by atoms with Gasteiger partial charge in [0.15, 0.2) is 0 Å². The van der Waals surface area contributed by atoms with Crippen LogP contribution in [-0.4, -0.2) is 44.6 Å². The molecule has 0 aromatic rings. The first-order valence-corrected chi connectivity index (χ1v) is 6.76. The van der Waals surface area contributed by atoms with Crippen LogP contribution >= 0.6 is 0 Å². The minimum Gasteiger partial charge on any atom is -0.750 e. The monoisotopic (exact) mass is 328 g/mol. The Labute approximate surface area is 150 Å². The van der Waals surface area contributed by atoms with Crippen LogP contribution in [0.2, 0.25) is 0 Å². The molecular weight excluding hydrogens is 315 g/mol. The number of hydrogen-bond donors (Lipinski definition) is 2. The number of carbonyl (C=O) groups excluding carboxylic acids is 1. The minimum atomic E-state index is -3.96. The quantitative estimate of drug-likeness (QED) is 0.134. The Bertz CT molecular complexity index is 373. The molecule has 0 aromatic carbocycles. The maximum absolute atomic E-state index is 10.7. The van der Waals surface area contributed by atoms with Crippen LogP contribution in [0.1, 0.15) is 13.3 Å². The van der Waals surface area contributed by atoms with Crippen molar-refractivity contribution < 1.29 is 87.2 Å². The third-order valence-electron chi connectivity index (χ3n) is 1.13. The molecule has 0 aliphatic heterocycles. The van der Waals surface area contributed by atoms with Crippen LogP contribution in [0, 0.1) is 0 Å². The molecule has 18 heavy (non-hydrogen) atoms. The van der Waals surface area contributed by atoms with Gasteiger partial charge in [0, 0.05) is 5.57 Å². The third kappa shape index (κ3) is 25.6. The van der Waals surface area contributed by atoms with Crippen molar-refractivity contribution in [3.8, 4) is 0 Å². The molecule has 0 bridgehead atoms. The van der Waals surface area contributed by atoms with Gasteiger partial charge in [-0.25, -0.2) is 9.00 Å². The summed E-state index contributed by atoms with van der Waals surface area (Å²) in [4.78, 5) is 10.7. The normalized spacial score (nSPS) is 11.3. The largest absolute Gasteiger partial charge is 1.00 e. The van der Waals surface area contributed by atoms with Crippen molar-refractivity contribution in [3.05, 3.63) is 12.2 Å². The molecule has 11 heteroatoms. The number of esters is 1. The van der Waals surface area contributed by atoms with Crippen LogP contribution in [0.25, 0.3) is 0 Å². The van der Waals surface area contributed by atoms with Gasteiger partial charge in [-0.15, -0.1) is 0 Å². The van der Waals surface area contributed by atoms with E-state index in [1.807, 2.05) is 0 Å². The second-order valence-corrected chi connectivity index (χ2v) is 4.78. The van der Waals surface area contributed by atoms with E-state index in [9.17, 15) is 13.2 Å². The van der Waals surface area contributed by atoms with Crippen LogP contribution in [0.4, 0.5) is 0 Å². The van der Waals surface area contributed by atoms with Gasteiger partial charge in [0.05, 0.1) is 23.7 Å². The van der Waals surface area contributed by atoms with Crippen LogP contribution < -0.4 is 51.4 Å². The van der Waals surface area contributed by atoms with E-state index in [1.54, 1.807) is 0 Å². The summed E-state index contributed by atoms with van der Waals surface area (Å²) in [6.07, 6.45) is 0.0812. The zero-order chi connectivity index (χ0) is 14.1. The summed E-state index contributed by atoms with van der Waals surface area (Å²) in [7, 11) is -3.96. The first-order chi connectivity index (χ1) is 7.56. The van der Waals surface area contributed by atoms with E-state index in [0.717, 1.165) is 0 Å². The molecule has 0 saturated carbocycles. The van der Waals surface area contributed by atoms with Crippen molar-refractivity contribution >= 4 is 27.4 Å². The molecule has 0 fully saturated rings. The Morgan fingerprint density at radius 2 is 1.89 bits per heavy atom. The van der Waals surface area contributed by atoms with Crippen molar-refractivity contribution in [1.82, 2.24) is 0 Å². The zero-order valence-electron chi connectivity index (χ0n) is 9.99. The van der Waals surface area contributed by atoms with Gasteiger partial charge in [-0.05, 0) is 13.3 Å². The Hall–Kier alpha value is 0.826. The van der Waals surface area contributed by atoms with Crippen molar-refractivity contribution in [1.29, 1.82) is 0 Å². The van der Waals surface area contributed by atoms with Gasteiger partial charge in [0.2, 0.25) is 0 Å². The number of carbonyl (C=O) groups is 1. The Morgan fingerprint density at radius 1 is 1.50 bits per heavy atom. The molecule has 0 aliphatic carbocycles. The molecule has 1 unspecified atom stereocenters. The smallest absolute Gasteiger partial charge is 0.750 e. The Balaban J connectivity index is -0.000000392. The summed E-state index contributed by atoms with van der Waals surface area (Å²) < 4.78 is 57.4. The molecule has 1 atom stereocenters. The predicted molar refractivity (Wildman–Crippen MR) is 58.4 cm³/mol. The predicted octanol–water partition coefficient (Wildman–Crippen LogP) is -3.27. The van der Waals surface area contributed by atoms with E-state index in [4.69, 9.17) is 17.9 Å². The Kier molecular flexibility index (Phi) is 17.0. The van der Waals surface area contributed by atoms with Crippen molar-refractivity contribution in [2.45, 2.75) is 13.3 Å². The topological polar surface area (TPSA) is 141 Å². The maximum atomic E-state index is 10.7. The molecule has 0 radical (unpaired) electrons. The Morgan fingerprint density at radius 3 is 2.17 bits per heavy atom. The molecule has 0 heterocycles. The SMILES string of the molecule is C=C(C)C(=O)OCCCS(=O)(=O)O.O=S([O-])O.[K+]. The van der Waals surface area contributed by atoms with E-state index in [-0.39, 0.29) is 70.0 Å². The number of ether oxygens (including phenoxy) is 1. The van der Waals surface area contributed by atoms with E-state index < -0.39 is 33.2 Å². The van der Waals surface area contributed by atoms with Crippen LogP contribution in [0.15, 0.2) is 12.2 Å². The first kappa shape index (κ1) is 23.9. The summed E-state index contributed by atoms with van der Waals surface area (Å²) in [6, 6.07) is 0. The molecule has 0 saturated heterocycles. The average molecular weight is 328 g/mol. The van der Waals surface area contributed by atoms with Crippen LogP contribution in [0.5, 0.6) is 0 Å². The van der Waals surface area contributed by atoms with Gasteiger partial charge >= 0.3 is 57.4 Å². The molecular formula is C7H13KO8S2. The molecule has 0 aliphatic rings. The van der Waals surface area contributed by atoms with Gasteiger partial charge < -0.3 is 13.8 Å². The molecule has 0 aromatic heterocycles. The van der Waals surface area contributed by atoms with Crippen molar-refractivity contribution in [2.24, 2.45) is 0 Å².